The van der Waals surface area contributed by atoms with Crippen molar-refractivity contribution in [1.82, 2.24) is 9.80 Å². The summed E-state index contributed by atoms with van der Waals surface area (Å²) in [6.07, 6.45) is 0.721. The van der Waals surface area contributed by atoms with Crippen molar-refractivity contribution in [3.63, 3.8) is 0 Å². The highest BCUT2D eigenvalue weighted by Gasteiger charge is 2.25. The average Bonchev–Trinajstić information content (AvgIpc) is 3.14. The van der Waals surface area contributed by atoms with Crippen LogP contribution in [-0.4, -0.2) is 81.9 Å². The molecule has 0 bridgehead atoms. The highest BCUT2D eigenvalue weighted by molar-refractivity contribution is 6.07. The first-order valence-electron chi connectivity index (χ1n) is 16.1. The van der Waals surface area contributed by atoms with Gasteiger partial charge in [0.2, 0.25) is 0 Å². The summed E-state index contributed by atoms with van der Waals surface area (Å²) in [6.45, 7) is 10.3. The van der Waals surface area contributed by atoms with Crippen LogP contribution in [-0.2, 0) is 9.47 Å². The second kappa shape index (κ2) is 19.6. The van der Waals surface area contributed by atoms with E-state index in [1.54, 1.807) is 29.0 Å². The smallest absolute Gasteiger partial charge is 0.258 e. The van der Waals surface area contributed by atoms with Crippen LogP contribution < -0.4 is 9.47 Å². The standard InChI is InChI=1S/C20H23NO4.C19H23NO3/c1-4-21(5-2)20(23)19-17(13-22)16(15-9-7-6-8-10-15)11-12-18(19)25-14-24-3;1-4-20(5-2)19(21)17-13-16(15-9-7-6-8-10-15)11-12-18(17)23-14-22-3/h6-13H,4-5,14H2,1-3H3;6-13H,4-5,14H2,1-3H3. The third kappa shape index (κ3) is 9.53. The normalized spacial score (nSPS) is 10.4. The number of hydrogen-bond donors (Lipinski definition) is 0. The molecular weight excluding hydrogens is 608 g/mol. The number of methoxy groups -OCH3 is 2. The van der Waals surface area contributed by atoms with Crippen molar-refractivity contribution in [3.8, 4) is 33.8 Å². The van der Waals surface area contributed by atoms with E-state index in [2.05, 4.69) is 0 Å². The van der Waals surface area contributed by atoms with Crippen LogP contribution in [0.1, 0.15) is 58.8 Å². The third-order valence-corrected chi connectivity index (χ3v) is 7.71. The fourth-order valence-electron chi connectivity index (χ4n) is 5.16. The summed E-state index contributed by atoms with van der Waals surface area (Å²) in [7, 11) is 3.06. The molecule has 0 fully saturated rings. The average molecular weight is 655 g/mol. The van der Waals surface area contributed by atoms with Gasteiger partial charge in [0.25, 0.3) is 11.8 Å². The lowest BCUT2D eigenvalue weighted by atomic mass is 9.94. The lowest BCUT2D eigenvalue weighted by Gasteiger charge is -2.22. The Morgan fingerprint density at radius 3 is 1.62 bits per heavy atom. The van der Waals surface area contributed by atoms with Gasteiger partial charge in [0, 0.05) is 46.0 Å². The number of benzene rings is 4. The van der Waals surface area contributed by atoms with Crippen molar-refractivity contribution in [3.05, 3.63) is 108 Å². The van der Waals surface area contributed by atoms with E-state index in [-0.39, 0.29) is 31.0 Å². The van der Waals surface area contributed by atoms with Crippen LogP contribution >= 0.6 is 0 Å². The molecule has 0 radical (unpaired) electrons. The monoisotopic (exact) mass is 654 g/mol. The fraction of sp³-hybridized carbons (Fsp3) is 0.308. The van der Waals surface area contributed by atoms with Crippen LogP contribution in [0.3, 0.4) is 0 Å². The van der Waals surface area contributed by atoms with Crippen molar-refractivity contribution < 1.29 is 33.3 Å². The minimum absolute atomic E-state index is 0.00150. The topological polar surface area (TPSA) is 94.6 Å². The molecule has 0 aliphatic heterocycles. The molecule has 4 aromatic rings. The summed E-state index contributed by atoms with van der Waals surface area (Å²) in [5, 5.41) is 0. The van der Waals surface area contributed by atoms with Gasteiger partial charge < -0.3 is 28.7 Å². The number of ether oxygens (including phenoxy) is 4. The van der Waals surface area contributed by atoms with Gasteiger partial charge in [-0.25, -0.2) is 0 Å². The molecule has 0 atom stereocenters. The lowest BCUT2D eigenvalue weighted by Crippen LogP contribution is -2.31. The summed E-state index contributed by atoms with van der Waals surface area (Å²) < 4.78 is 21.0. The van der Waals surface area contributed by atoms with Crippen molar-refractivity contribution in [1.29, 1.82) is 0 Å². The number of nitrogens with zero attached hydrogens (tertiary/aromatic N) is 2. The Morgan fingerprint density at radius 2 is 1.10 bits per heavy atom. The number of rotatable bonds is 15. The molecule has 48 heavy (non-hydrogen) atoms. The first-order valence-corrected chi connectivity index (χ1v) is 16.1. The maximum absolute atomic E-state index is 13.0. The SMILES string of the molecule is CCN(CC)C(=O)c1c(OCOC)ccc(-c2ccccc2)c1C=O.CCN(CC)C(=O)c1cc(-c2ccccc2)ccc1OCOC. The summed E-state index contributed by atoms with van der Waals surface area (Å²) in [5.74, 6) is 0.638. The Bertz CT molecular complexity index is 1600. The van der Waals surface area contributed by atoms with Crippen LogP contribution in [0, 0.1) is 0 Å². The van der Waals surface area contributed by atoms with E-state index in [1.807, 2.05) is 107 Å². The molecular formula is C39H46N2O7. The minimum atomic E-state index is -0.226. The Morgan fingerprint density at radius 1 is 0.604 bits per heavy atom. The number of aldehydes is 1. The van der Waals surface area contributed by atoms with Crippen LogP contribution in [0.5, 0.6) is 11.5 Å². The molecule has 9 heteroatoms. The number of hydrogen-bond acceptors (Lipinski definition) is 7. The van der Waals surface area contributed by atoms with Gasteiger partial charge in [-0.05, 0) is 74.2 Å². The van der Waals surface area contributed by atoms with E-state index < -0.39 is 0 Å². The quantitative estimate of drug-likeness (QED) is 0.0971. The highest BCUT2D eigenvalue weighted by atomic mass is 16.7. The minimum Gasteiger partial charge on any atom is -0.467 e. The summed E-state index contributed by atoms with van der Waals surface area (Å²) >= 11 is 0. The zero-order valence-corrected chi connectivity index (χ0v) is 28.7. The molecule has 0 saturated heterocycles. The maximum Gasteiger partial charge on any atom is 0.258 e. The Hall–Kier alpha value is -4.99. The van der Waals surface area contributed by atoms with Gasteiger partial charge in [0.05, 0.1) is 11.1 Å². The molecule has 9 nitrogen and oxygen atoms in total. The lowest BCUT2D eigenvalue weighted by molar-refractivity contribution is 0.0487. The Labute approximate surface area is 284 Å². The largest absolute Gasteiger partial charge is 0.467 e. The van der Waals surface area contributed by atoms with Gasteiger partial charge in [0.1, 0.15) is 11.5 Å². The Kier molecular flexibility index (Phi) is 15.3. The molecule has 4 rings (SSSR count). The molecule has 0 aliphatic rings. The van der Waals surface area contributed by atoms with Gasteiger partial charge in [-0.2, -0.15) is 0 Å². The Balaban J connectivity index is 0.000000261. The number of carbonyl (C=O) groups is 3. The second-order valence-electron chi connectivity index (χ2n) is 10.5. The van der Waals surface area contributed by atoms with E-state index >= 15 is 0 Å². The maximum atomic E-state index is 13.0. The molecule has 2 amide bonds. The molecule has 4 aromatic carbocycles. The fourth-order valence-corrected chi connectivity index (χ4v) is 5.16. The molecule has 0 spiro atoms. The van der Waals surface area contributed by atoms with Gasteiger partial charge in [-0.1, -0.05) is 66.7 Å². The van der Waals surface area contributed by atoms with E-state index in [1.165, 1.54) is 7.11 Å². The van der Waals surface area contributed by atoms with Gasteiger partial charge in [-0.15, -0.1) is 0 Å². The first kappa shape index (κ1) is 37.5. The summed E-state index contributed by atoms with van der Waals surface area (Å²) in [6, 6.07) is 28.7. The van der Waals surface area contributed by atoms with Crippen LogP contribution in [0.2, 0.25) is 0 Å². The third-order valence-electron chi connectivity index (χ3n) is 7.71. The summed E-state index contributed by atoms with van der Waals surface area (Å²) in [5.41, 5.74) is 4.80. The number of carbonyl (C=O) groups excluding carboxylic acids is 3. The predicted octanol–water partition coefficient (Wildman–Crippen LogP) is 7.45. The van der Waals surface area contributed by atoms with Gasteiger partial charge in [-0.3, -0.25) is 14.4 Å². The highest BCUT2D eigenvalue weighted by Crippen LogP contribution is 2.33. The molecule has 254 valence electrons. The molecule has 0 aromatic heterocycles. The van der Waals surface area contributed by atoms with Crippen LogP contribution in [0.4, 0.5) is 0 Å². The van der Waals surface area contributed by atoms with E-state index in [4.69, 9.17) is 18.9 Å². The molecule has 0 unspecified atom stereocenters. The van der Waals surface area contributed by atoms with Crippen molar-refractivity contribution in [2.75, 3.05) is 54.0 Å². The van der Waals surface area contributed by atoms with Crippen LogP contribution in [0.15, 0.2) is 91.0 Å². The predicted molar refractivity (Wildman–Crippen MR) is 189 cm³/mol. The molecule has 0 saturated carbocycles. The molecule has 0 heterocycles. The van der Waals surface area contributed by atoms with Crippen molar-refractivity contribution >= 4 is 18.1 Å². The van der Waals surface area contributed by atoms with Gasteiger partial charge >= 0.3 is 0 Å². The van der Waals surface area contributed by atoms with Crippen molar-refractivity contribution in [2.45, 2.75) is 27.7 Å². The van der Waals surface area contributed by atoms with E-state index in [9.17, 15) is 14.4 Å². The summed E-state index contributed by atoms with van der Waals surface area (Å²) in [4.78, 5) is 41.1. The zero-order chi connectivity index (χ0) is 34.9. The molecule has 0 aliphatic carbocycles. The second-order valence-corrected chi connectivity index (χ2v) is 10.5. The van der Waals surface area contributed by atoms with Crippen LogP contribution in [0.25, 0.3) is 22.3 Å². The number of amides is 2. The van der Waals surface area contributed by atoms with Crippen molar-refractivity contribution in [2.24, 2.45) is 0 Å². The van der Waals surface area contributed by atoms with E-state index in [0.29, 0.717) is 54.4 Å². The van der Waals surface area contributed by atoms with E-state index in [0.717, 1.165) is 23.0 Å². The molecule has 0 N–H and O–H groups in total. The first-order chi connectivity index (χ1) is 23.4. The zero-order valence-electron chi connectivity index (χ0n) is 28.7. The van der Waals surface area contributed by atoms with Gasteiger partial charge in [0.15, 0.2) is 19.9 Å².